The Morgan fingerprint density at radius 3 is 2.64 bits per heavy atom. The SMILES string of the molecule is CC(C)(C)OC(=O)N1CCC2(CC1)CNc1ccc(N)cc12. The van der Waals surface area contributed by atoms with E-state index in [4.69, 9.17) is 10.5 Å². The first-order valence-electron chi connectivity index (χ1n) is 7.91. The highest BCUT2D eigenvalue weighted by molar-refractivity contribution is 5.69. The molecular weight excluding hydrogens is 278 g/mol. The number of anilines is 2. The normalized spacial score (nSPS) is 19.7. The minimum absolute atomic E-state index is 0.100. The third kappa shape index (κ3) is 2.72. The standard InChI is InChI=1S/C17H25N3O2/c1-16(2,3)22-15(21)20-8-6-17(7-9-20)11-19-14-5-4-12(18)10-13(14)17/h4-5,10,19H,6-9,11,18H2,1-3H3. The van der Waals surface area contributed by atoms with Crippen molar-refractivity contribution < 1.29 is 9.53 Å². The Hall–Kier alpha value is -1.91. The summed E-state index contributed by atoms with van der Waals surface area (Å²) in [5, 5.41) is 3.48. The summed E-state index contributed by atoms with van der Waals surface area (Å²) in [5.41, 5.74) is 8.90. The zero-order valence-corrected chi connectivity index (χ0v) is 13.6. The smallest absolute Gasteiger partial charge is 0.410 e. The van der Waals surface area contributed by atoms with E-state index < -0.39 is 5.60 Å². The van der Waals surface area contributed by atoms with Crippen molar-refractivity contribution in [2.24, 2.45) is 0 Å². The lowest BCUT2D eigenvalue weighted by Gasteiger charge is -2.39. The maximum absolute atomic E-state index is 12.2. The minimum atomic E-state index is -0.442. The molecule has 1 spiro atoms. The van der Waals surface area contributed by atoms with Crippen LogP contribution in [0.4, 0.5) is 16.2 Å². The molecule has 3 rings (SSSR count). The number of nitrogens with one attached hydrogen (secondary N) is 1. The summed E-state index contributed by atoms with van der Waals surface area (Å²) in [5.74, 6) is 0. The van der Waals surface area contributed by atoms with Gasteiger partial charge in [0.05, 0.1) is 0 Å². The second-order valence-corrected chi connectivity index (χ2v) is 7.41. The van der Waals surface area contributed by atoms with E-state index in [-0.39, 0.29) is 11.5 Å². The fraction of sp³-hybridized carbons (Fsp3) is 0.588. The van der Waals surface area contributed by atoms with Crippen molar-refractivity contribution >= 4 is 17.5 Å². The zero-order valence-electron chi connectivity index (χ0n) is 13.6. The van der Waals surface area contributed by atoms with Gasteiger partial charge in [0.1, 0.15) is 5.60 Å². The molecule has 120 valence electrons. The average Bonchev–Trinajstić information content (AvgIpc) is 2.76. The number of nitrogen functional groups attached to an aromatic ring is 1. The summed E-state index contributed by atoms with van der Waals surface area (Å²) in [6, 6.07) is 6.07. The average molecular weight is 303 g/mol. The van der Waals surface area contributed by atoms with Gasteiger partial charge in [-0.2, -0.15) is 0 Å². The number of carbonyl (C=O) groups excluding carboxylic acids is 1. The Balaban J connectivity index is 1.71. The number of nitrogens with zero attached hydrogens (tertiary/aromatic N) is 1. The van der Waals surface area contributed by atoms with Crippen molar-refractivity contribution in [3.8, 4) is 0 Å². The van der Waals surface area contributed by atoms with Crippen LogP contribution in [0.5, 0.6) is 0 Å². The third-order valence-corrected chi connectivity index (χ3v) is 4.60. The Morgan fingerprint density at radius 1 is 1.32 bits per heavy atom. The predicted molar refractivity (Wildman–Crippen MR) is 88.1 cm³/mol. The Bertz CT molecular complexity index is 584. The molecule has 2 heterocycles. The quantitative estimate of drug-likeness (QED) is 0.723. The van der Waals surface area contributed by atoms with Crippen LogP contribution in [0, 0.1) is 0 Å². The zero-order chi connectivity index (χ0) is 16.0. The number of hydrogen-bond donors (Lipinski definition) is 2. The van der Waals surface area contributed by atoms with Gasteiger partial charge in [-0.05, 0) is 57.4 Å². The fourth-order valence-electron chi connectivity index (χ4n) is 3.40. The number of fused-ring (bicyclic) bond motifs is 2. The summed E-state index contributed by atoms with van der Waals surface area (Å²) in [6.45, 7) is 8.08. The van der Waals surface area contributed by atoms with E-state index in [9.17, 15) is 4.79 Å². The number of rotatable bonds is 0. The number of hydrogen-bond acceptors (Lipinski definition) is 4. The Morgan fingerprint density at radius 2 is 2.00 bits per heavy atom. The minimum Gasteiger partial charge on any atom is -0.444 e. The number of piperidine rings is 1. The topological polar surface area (TPSA) is 67.6 Å². The molecule has 2 aliphatic heterocycles. The van der Waals surface area contributed by atoms with Crippen molar-refractivity contribution in [3.05, 3.63) is 23.8 Å². The number of carbonyl (C=O) groups is 1. The van der Waals surface area contributed by atoms with Gasteiger partial charge in [0.25, 0.3) is 0 Å². The molecule has 5 nitrogen and oxygen atoms in total. The molecule has 1 amide bonds. The molecule has 0 aliphatic carbocycles. The molecule has 3 N–H and O–H groups in total. The van der Waals surface area contributed by atoms with Crippen LogP contribution in [0.1, 0.15) is 39.2 Å². The molecule has 0 atom stereocenters. The van der Waals surface area contributed by atoms with Crippen molar-refractivity contribution in [1.29, 1.82) is 0 Å². The van der Waals surface area contributed by atoms with Crippen LogP contribution in [0.2, 0.25) is 0 Å². The Labute approximate surface area is 131 Å². The van der Waals surface area contributed by atoms with Crippen LogP contribution < -0.4 is 11.1 Å². The number of likely N-dealkylation sites (tertiary alicyclic amines) is 1. The van der Waals surface area contributed by atoms with E-state index >= 15 is 0 Å². The monoisotopic (exact) mass is 303 g/mol. The van der Waals surface area contributed by atoms with Crippen LogP contribution in [-0.4, -0.2) is 36.2 Å². The van der Waals surface area contributed by atoms with Crippen molar-refractivity contribution in [1.82, 2.24) is 4.90 Å². The first kappa shape index (κ1) is 15.0. The summed E-state index contributed by atoms with van der Waals surface area (Å²) in [7, 11) is 0. The van der Waals surface area contributed by atoms with Crippen molar-refractivity contribution in [3.63, 3.8) is 0 Å². The summed E-state index contributed by atoms with van der Waals surface area (Å²) in [6.07, 6.45) is 1.67. The second kappa shape index (κ2) is 5.07. The summed E-state index contributed by atoms with van der Waals surface area (Å²) in [4.78, 5) is 14.0. The summed E-state index contributed by atoms with van der Waals surface area (Å²) >= 11 is 0. The maximum Gasteiger partial charge on any atom is 0.410 e. The second-order valence-electron chi connectivity index (χ2n) is 7.41. The van der Waals surface area contributed by atoms with Gasteiger partial charge < -0.3 is 20.7 Å². The fourth-order valence-corrected chi connectivity index (χ4v) is 3.40. The number of ether oxygens (including phenoxy) is 1. The summed E-state index contributed by atoms with van der Waals surface area (Å²) < 4.78 is 5.47. The molecule has 1 aromatic carbocycles. The lowest BCUT2D eigenvalue weighted by atomic mass is 9.74. The van der Waals surface area contributed by atoms with Crippen LogP contribution in [0.3, 0.4) is 0 Å². The van der Waals surface area contributed by atoms with E-state index in [0.717, 1.165) is 38.2 Å². The van der Waals surface area contributed by atoms with Crippen LogP contribution in [-0.2, 0) is 10.2 Å². The molecule has 0 unspecified atom stereocenters. The molecule has 1 fully saturated rings. The number of benzene rings is 1. The van der Waals surface area contributed by atoms with E-state index in [0.29, 0.717) is 0 Å². The van der Waals surface area contributed by atoms with Crippen LogP contribution in [0.15, 0.2) is 18.2 Å². The molecule has 0 aromatic heterocycles. The lowest BCUT2D eigenvalue weighted by Crippen LogP contribution is -2.47. The molecule has 0 radical (unpaired) electrons. The molecule has 2 aliphatic rings. The van der Waals surface area contributed by atoms with Crippen molar-refractivity contribution in [2.75, 3.05) is 30.7 Å². The van der Waals surface area contributed by atoms with Crippen molar-refractivity contribution in [2.45, 2.75) is 44.6 Å². The van der Waals surface area contributed by atoms with Gasteiger partial charge in [0, 0.05) is 36.4 Å². The Kier molecular flexibility index (Phi) is 3.46. The number of nitrogens with two attached hydrogens (primary N) is 1. The first-order chi connectivity index (χ1) is 10.3. The molecule has 0 bridgehead atoms. The van der Waals surface area contributed by atoms with E-state index in [2.05, 4.69) is 17.4 Å². The molecule has 0 saturated carbocycles. The van der Waals surface area contributed by atoms with Gasteiger partial charge in [-0.15, -0.1) is 0 Å². The van der Waals surface area contributed by atoms with Gasteiger partial charge in [-0.25, -0.2) is 4.79 Å². The molecule has 5 heteroatoms. The van der Waals surface area contributed by atoms with Gasteiger partial charge in [0.2, 0.25) is 0 Å². The lowest BCUT2D eigenvalue weighted by molar-refractivity contribution is 0.0172. The first-order valence-corrected chi connectivity index (χ1v) is 7.91. The van der Waals surface area contributed by atoms with Gasteiger partial charge in [0.15, 0.2) is 0 Å². The molecule has 22 heavy (non-hydrogen) atoms. The largest absolute Gasteiger partial charge is 0.444 e. The highest BCUT2D eigenvalue weighted by Crippen LogP contribution is 2.44. The molecule has 1 aromatic rings. The van der Waals surface area contributed by atoms with E-state index in [1.165, 1.54) is 11.3 Å². The van der Waals surface area contributed by atoms with Crippen LogP contribution >= 0.6 is 0 Å². The molecule has 1 saturated heterocycles. The van der Waals surface area contributed by atoms with E-state index in [1.54, 1.807) is 0 Å². The van der Waals surface area contributed by atoms with Crippen LogP contribution in [0.25, 0.3) is 0 Å². The highest BCUT2D eigenvalue weighted by atomic mass is 16.6. The predicted octanol–water partition coefficient (Wildman–Crippen LogP) is 2.96. The van der Waals surface area contributed by atoms with Gasteiger partial charge >= 0.3 is 6.09 Å². The van der Waals surface area contributed by atoms with Gasteiger partial charge in [-0.1, -0.05) is 0 Å². The number of amides is 1. The highest BCUT2D eigenvalue weighted by Gasteiger charge is 2.42. The van der Waals surface area contributed by atoms with E-state index in [1.807, 2.05) is 31.7 Å². The van der Waals surface area contributed by atoms with Gasteiger partial charge in [-0.3, -0.25) is 0 Å². The molecular formula is C17H25N3O2. The maximum atomic E-state index is 12.2. The third-order valence-electron chi connectivity index (χ3n) is 4.60.